The second kappa shape index (κ2) is 18.7. The molecular weight excluding hydrogens is 609 g/mol. The van der Waals surface area contributed by atoms with Gasteiger partial charge in [-0.25, -0.2) is 4.39 Å². The lowest BCUT2D eigenvalue weighted by Gasteiger charge is -2.37. The first-order valence-corrected chi connectivity index (χ1v) is 17.5. The van der Waals surface area contributed by atoms with Crippen LogP contribution < -0.4 is 5.32 Å². The smallest absolute Gasteiger partial charge is 0.155 e. The van der Waals surface area contributed by atoms with Gasteiger partial charge in [-0.3, -0.25) is 14.7 Å². The summed E-state index contributed by atoms with van der Waals surface area (Å²) in [5.41, 5.74) is 5.20. The fourth-order valence-corrected chi connectivity index (χ4v) is 6.32. The van der Waals surface area contributed by atoms with Crippen molar-refractivity contribution in [1.29, 1.82) is 0 Å². The van der Waals surface area contributed by atoms with Crippen molar-refractivity contribution in [3.05, 3.63) is 82.8 Å². The molecule has 5 nitrogen and oxygen atoms in total. The Morgan fingerprint density at radius 1 is 1.06 bits per heavy atom. The molecule has 0 spiro atoms. The van der Waals surface area contributed by atoms with Gasteiger partial charge in [0.1, 0.15) is 5.82 Å². The summed E-state index contributed by atoms with van der Waals surface area (Å²) < 4.78 is 17.0. The lowest BCUT2D eigenvalue weighted by atomic mass is 9.80. The fraction of sp³-hybridized carbons (Fsp3) is 0.475. The van der Waals surface area contributed by atoms with Crippen molar-refractivity contribution in [1.82, 2.24) is 15.5 Å². The molecular formula is C40H55ClFN3O2. The molecule has 3 rings (SSSR count). The van der Waals surface area contributed by atoms with Gasteiger partial charge < -0.3 is 5.32 Å². The minimum absolute atomic E-state index is 0.0185. The maximum atomic E-state index is 17.0. The van der Waals surface area contributed by atoms with E-state index in [0.29, 0.717) is 46.9 Å². The van der Waals surface area contributed by atoms with E-state index in [9.17, 15) is 9.59 Å². The summed E-state index contributed by atoms with van der Waals surface area (Å²) in [4.78, 5) is 23.2. The van der Waals surface area contributed by atoms with Gasteiger partial charge in [-0.15, -0.1) is 0 Å². The molecule has 2 N–H and O–H groups in total. The Morgan fingerprint density at radius 3 is 2.28 bits per heavy atom. The van der Waals surface area contributed by atoms with Gasteiger partial charge in [0.2, 0.25) is 0 Å². The molecule has 0 bridgehead atoms. The number of rotatable bonds is 17. The molecule has 3 aromatic rings. The maximum Gasteiger partial charge on any atom is 0.155 e. The molecule has 2 unspecified atom stereocenters. The highest BCUT2D eigenvalue weighted by molar-refractivity contribution is 6.34. The number of nitrogens with zero attached hydrogens (tertiary/aromatic N) is 1. The van der Waals surface area contributed by atoms with Gasteiger partial charge in [-0.05, 0) is 93.7 Å². The van der Waals surface area contributed by atoms with Crippen LogP contribution in [-0.2, 0) is 16.0 Å². The molecule has 1 heterocycles. The number of aromatic nitrogens is 2. The summed E-state index contributed by atoms with van der Waals surface area (Å²) >= 11 is 7.05. The van der Waals surface area contributed by atoms with E-state index in [-0.39, 0.29) is 17.4 Å². The standard InChI is InChI=1S/C36H49ClFN3O.C4H6O/c1-9-14-26(13-5)35(40-36(19-11-3,25(8)42)20-18-23(6)12-4)28-21-30(37)33(34(38)27(28)15-10-2)32-24(7)16-17-31-29(32)22-39-41-31;1-3-4(2)5/h13,16-17,21-23,40H,5,9-12,14-15,18-20H2,1-4,6-8H3,(H,39,41);3H,1H2,2H3/b35-26-;. The molecule has 7 heteroatoms. The number of ketones is 2. The quantitative estimate of drug-likeness (QED) is 0.111. The summed E-state index contributed by atoms with van der Waals surface area (Å²) in [6, 6.07) is 5.82. The Morgan fingerprint density at radius 2 is 1.74 bits per heavy atom. The number of carbonyl (C=O) groups is 2. The van der Waals surface area contributed by atoms with Crippen molar-refractivity contribution in [2.45, 2.75) is 119 Å². The molecule has 256 valence electrons. The first-order valence-electron chi connectivity index (χ1n) is 17.1. The van der Waals surface area contributed by atoms with E-state index < -0.39 is 5.54 Å². The largest absolute Gasteiger partial charge is 0.372 e. The number of hydrogen-bond acceptors (Lipinski definition) is 4. The topological polar surface area (TPSA) is 74.8 Å². The van der Waals surface area contributed by atoms with Crippen molar-refractivity contribution in [2.75, 3.05) is 0 Å². The van der Waals surface area contributed by atoms with Crippen LogP contribution in [0.15, 0.2) is 55.3 Å². The predicted octanol–water partition coefficient (Wildman–Crippen LogP) is 11.3. The van der Waals surface area contributed by atoms with Crippen molar-refractivity contribution >= 4 is 39.8 Å². The summed E-state index contributed by atoms with van der Waals surface area (Å²) in [7, 11) is 0. The average molecular weight is 664 g/mol. The van der Waals surface area contributed by atoms with Gasteiger partial charge in [-0.2, -0.15) is 5.10 Å². The van der Waals surface area contributed by atoms with Gasteiger partial charge in [0, 0.05) is 27.8 Å². The van der Waals surface area contributed by atoms with Crippen LogP contribution in [0.5, 0.6) is 0 Å². The highest BCUT2D eigenvalue weighted by atomic mass is 35.5. The second-order valence-corrected chi connectivity index (χ2v) is 13.1. The number of hydrogen-bond donors (Lipinski definition) is 2. The van der Waals surface area contributed by atoms with Crippen LogP contribution in [0.4, 0.5) is 4.39 Å². The highest BCUT2D eigenvalue weighted by Crippen LogP contribution is 2.42. The molecule has 0 saturated carbocycles. The number of nitrogens with one attached hydrogen (secondary N) is 2. The number of benzene rings is 2. The first-order chi connectivity index (χ1) is 22.4. The van der Waals surface area contributed by atoms with Crippen molar-refractivity contribution < 1.29 is 14.0 Å². The minimum Gasteiger partial charge on any atom is -0.372 e. The number of Topliss-reactive ketones (excluding diaryl/α,β-unsaturated/α-hetero) is 1. The summed E-state index contributed by atoms with van der Waals surface area (Å²) in [5.74, 6) is 0.302. The number of aromatic amines is 1. The summed E-state index contributed by atoms with van der Waals surface area (Å²) in [6.07, 6.45) is 12.0. The fourth-order valence-electron chi connectivity index (χ4n) is 6.04. The zero-order valence-electron chi connectivity index (χ0n) is 29.8. The lowest BCUT2D eigenvalue weighted by Crippen LogP contribution is -2.50. The Kier molecular flexibility index (Phi) is 15.8. The van der Waals surface area contributed by atoms with E-state index in [2.05, 4.69) is 63.3 Å². The van der Waals surface area contributed by atoms with Crippen LogP contribution in [0, 0.1) is 18.7 Å². The van der Waals surface area contributed by atoms with Crippen LogP contribution in [0.1, 0.15) is 117 Å². The second-order valence-electron chi connectivity index (χ2n) is 12.6. The zero-order chi connectivity index (χ0) is 35.3. The Balaban J connectivity index is 0.00000142. The number of carbonyl (C=O) groups excluding carboxylic acids is 2. The van der Waals surface area contributed by atoms with Gasteiger partial charge in [0.25, 0.3) is 0 Å². The Hall–Kier alpha value is -3.51. The molecule has 0 amide bonds. The number of aryl methyl sites for hydroxylation is 1. The molecule has 0 saturated heterocycles. The minimum atomic E-state index is -0.764. The number of allylic oxidation sites excluding steroid dienone is 3. The average Bonchev–Trinajstić information content (AvgIpc) is 3.52. The van der Waals surface area contributed by atoms with Crippen molar-refractivity contribution in [3.63, 3.8) is 0 Å². The lowest BCUT2D eigenvalue weighted by molar-refractivity contribution is -0.123. The number of H-pyrrole nitrogens is 1. The molecule has 0 fully saturated rings. The van der Waals surface area contributed by atoms with E-state index in [0.717, 1.165) is 71.8 Å². The summed E-state index contributed by atoms with van der Waals surface area (Å²) in [5, 5.41) is 12.1. The van der Waals surface area contributed by atoms with Crippen molar-refractivity contribution in [2.24, 2.45) is 5.92 Å². The molecule has 0 aliphatic carbocycles. The normalized spacial score (nSPS) is 13.6. The van der Waals surface area contributed by atoms with Crippen LogP contribution in [-0.4, -0.2) is 27.3 Å². The number of halogens is 2. The first kappa shape index (κ1) is 39.7. The Labute approximate surface area is 287 Å². The van der Waals surface area contributed by atoms with Gasteiger partial charge in [0.05, 0.1) is 22.3 Å². The van der Waals surface area contributed by atoms with E-state index in [1.54, 1.807) is 13.1 Å². The van der Waals surface area contributed by atoms with Crippen molar-refractivity contribution in [3.8, 4) is 11.1 Å². The third-order valence-electron chi connectivity index (χ3n) is 9.02. The van der Waals surface area contributed by atoms with E-state index in [1.165, 1.54) is 13.0 Å². The van der Waals surface area contributed by atoms with Crippen LogP contribution in [0.25, 0.3) is 27.7 Å². The summed E-state index contributed by atoms with van der Waals surface area (Å²) in [6.45, 7) is 23.2. The molecule has 2 atom stereocenters. The Bertz CT molecular complexity index is 1590. The van der Waals surface area contributed by atoms with Gasteiger partial charge in [-0.1, -0.05) is 97.2 Å². The molecule has 1 aromatic heterocycles. The third-order valence-corrected chi connectivity index (χ3v) is 9.32. The predicted molar refractivity (Wildman–Crippen MR) is 198 cm³/mol. The monoisotopic (exact) mass is 663 g/mol. The molecule has 0 aliphatic heterocycles. The van der Waals surface area contributed by atoms with Gasteiger partial charge >= 0.3 is 0 Å². The van der Waals surface area contributed by atoms with E-state index in [1.807, 2.05) is 31.2 Å². The van der Waals surface area contributed by atoms with Gasteiger partial charge in [0.15, 0.2) is 11.6 Å². The molecule has 47 heavy (non-hydrogen) atoms. The molecule has 0 aliphatic rings. The highest BCUT2D eigenvalue weighted by Gasteiger charge is 2.36. The van der Waals surface area contributed by atoms with E-state index >= 15 is 4.39 Å². The third kappa shape index (κ3) is 9.76. The van der Waals surface area contributed by atoms with E-state index in [4.69, 9.17) is 11.6 Å². The van der Waals surface area contributed by atoms with Crippen LogP contribution in [0.3, 0.4) is 0 Å². The molecule has 0 radical (unpaired) electrons. The maximum absolute atomic E-state index is 17.0. The molecule has 2 aromatic carbocycles. The SMILES string of the molecule is C=C/C(CCC)=C(/NC(CCC)(CCC(C)CC)C(C)=O)c1cc(Cl)c(-c2c(C)ccc3[nH]ncc23)c(F)c1CCC.C=CC(C)=O. The van der Waals surface area contributed by atoms with Crippen LogP contribution in [0.2, 0.25) is 5.02 Å². The van der Waals surface area contributed by atoms with Crippen LogP contribution >= 0.6 is 11.6 Å². The zero-order valence-corrected chi connectivity index (χ0v) is 30.6. The number of fused-ring (bicyclic) bond motifs is 1.